The van der Waals surface area contributed by atoms with Crippen LogP contribution in [0, 0.1) is 5.21 Å². The zero-order chi connectivity index (χ0) is 8.13. The molecule has 1 aromatic heterocycles. The van der Waals surface area contributed by atoms with Gasteiger partial charge in [-0.25, -0.2) is 0 Å². The molecule has 1 saturated carbocycles. The summed E-state index contributed by atoms with van der Waals surface area (Å²) in [6, 6.07) is 3.99. The Morgan fingerprint density at radius 3 is 3.00 bits per heavy atom. The number of hydrogen-bond donors (Lipinski definition) is 0. The molecule has 3 rings (SSSR count). The van der Waals surface area contributed by atoms with Gasteiger partial charge in [-0.1, -0.05) is 0 Å². The van der Waals surface area contributed by atoms with Crippen LogP contribution in [-0.4, -0.2) is 0 Å². The number of hydrogen-bond acceptors (Lipinski definition) is 1. The average Bonchev–Trinajstić information content (AvgIpc) is 2.64. The molecule has 1 heterocycles. The fourth-order valence-electron chi connectivity index (χ4n) is 2.79. The van der Waals surface area contributed by atoms with E-state index in [4.69, 9.17) is 0 Å². The Morgan fingerprint density at radius 1 is 1.33 bits per heavy atom. The van der Waals surface area contributed by atoms with Gasteiger partial charge in [-0.05, 0) is 31.2 Å². The summed E-state index contributed by atoms with van der Waals surface area (Å²) < 4.78 is 1.07. The highest BCUT2D eigenvalue weighted by molar-refractivity contribution is 5.33. The summed E-state index contributed by atoms with van der Waals surface area (Å²) in [4.78, 5) is 0. The predicted octanol–water partition coefficient (Wildman–Crippen LogP) is 1.68. The normalized spacial score (nSPS) is 30.7. The van der Waals surface area contributed by atoms with Crippen molar-refractivity contribution in [1.29, 1.82) is 0 Å². The molecule has 0 spiro atoms. The quantitative estimate of drug-likeness (QED) is 0.420. The number of nitrogens with zero attached hydrogens (tertiary/aromatic N) is 1. The molecule has 1 fully saturated rings. The van der Waals surface area contributed by atoms with Crippen molar-refractivity contribution in [3.63, 3.8) is 0 Å². The van der Waals surface area contributed by atoms with Gasteiger partial charge in [-0.15, -0.1) is 0 Å². The van der Waals surface area contributed by atoms with Gasteiger partial charge in [0.2, 0.25) is 0 Å². The average molecular weight is 161 g/mol. The molecule has 2 nitrogen and oxygen atoms in total. The van der Waals surface area contributed by atoms with Gasteiger partial charge < -0.3 is 5.21 Å². The maximum Gasteiger partial charge on any atom is 0.199 e. The number of pyridine rings is 1. The van der Waals surface area contributed by atoms with E-state index in [1.807, 2.05) is 6.07 Å². The topological polar surface area (TPSA) is 26.9 Å². The third-order valence-electron chi connectivity index (χ3n) is 3.29. The molecule has 0 aromatic carbocycles. The van der Waals surface area contributed by atoms with Gasteiger partial charge in [0.1, 0.15) is 0 Å². The lowest BCUT2D eigenvalue weighted by atomic mass is 9.96. The van der Waals surface area contributed by atoms with Crippen LogP contribution in [0.15, 0.2) is 18.3 Å². The third kappa shape index (κ3) is 0.631. The molecule has 62 valence electrons. The lowest BCUT2D eigenvalue weighted by Gasteiger charge is -2.13. The highest BCUT2D eigenvalue weighted by atomic mass is 16.5. The minimum absolute atomic E-state index is 0.573. The Bertz CT molecular complexity index is 335. The van der Waals surface area contributed by atoms with Gasteiger partial charge in [-0.2, -0.15) is 4.73 Å². The molecule has 12 heavy (non-hydrogen) atoms. The van der Waals surface area contributed by atoms with E-state index >= 15 is 0 Å². The van der Waals surface area contributed by atoms with Gasteiger partial charge in [0.15, 0.2) is 11.9 Å². The molecule has 2 aliphatic rings. The summed E-state index contributed by atoms with van der Waals surface area (Å²) in [5.74, 6) is 1.27. The van der Waals surface area contributed by atoms with Crippen LogP contribution >= 0.6 is 0 Å². The Morgan fingerprint density at radius 2 is 2.17 bits per heavy atom. The molecule has 2 unspecified atom stereocenters. The molecule has 2 heteroatoms. The minimum atomic E-state index is 0.573. The number of rotatable bonds is 0. The van der Waals surface area contributed by atoms with Gasteiger partial charge in [-0.3, -0.25) is 0 Å². The highest BCUT2D eigenvalue weighted by Gasteiger charge is 2.42. The van der Waals surface area contributed by atoms with Crippen molar-refractivity contribution in [3.05, 3.63) is 34.8 Å². The first-order valence-corrected chi connectivity index (χ1v) is 4.58. The van der Waals surface area contributed by atoms with Crippen LogP contribution in [0.2, 0.25) is 0 Å². The highest BCUT2D eigenvalue weighted by Crippen LogP contribution is 2.51. The fourth-order valence-corrected chi connectivity index (χ4v) is 2.79. The first kappa shape index (κ1) is 6.46. The summed E-state index contributed by atoms with van der Waals surface area (Å²) in [5.41, 5.74) is 2.39. The van der Waals surface area contributed by atoms with E-state index in [9.17, 15) is 5.21 Å². The first-order chi connectivity index (χ1) is 5.86. The molecule has 0 N–H and O–H groups in total. The summed E-state index contributed by atoms with van der Waals surface area (Å²) >= 11 is 0. The standard InChI is InChI=1S/C10H11NO/c12-11-5-1-2-9-7-3-4-8(6-7)10(9)11/h1-2,5,7-8H,3-4,6H2. The summed E-state index contributed by atoms with van der Waals surface area (Å²) in [6.07, 6.45) is 5.37. The van der Waals surface area contributed by atoms with Crippen LogP contribution in [0.5, 0.6) is 0 Å². The van der Waals surface area contributed by atoms with Crippen LogP contribution in [0.3, 0.4) is 0 Å². The van der Waals surface area contributed by atoms with Crippen molar-refractivity contribution in [2.24, 2.45) is 0 Å². The molecule has 1 aromatic rings. The molecule has 2 aliphatic carbocycles. The largest absolute Gasteiger partial charge is 0.618 e. The monoisotopic (exact) mass is 161 g/mol. The Kier molecular flexibility index (Phi) is 1.08. The van der Waals surface area contributed by atoms with Gasteiger partial charge in [0.05, 0.1) is 0 Å². The predicted molar refractivity (Wildman–Crippen MR) is 44.7 cm³/mol. The zero-order valence-electron chi connectivity index (χ0n) is 6.86. The molecule has 0 radical (unpaired) electrons. The van der Waals surface area contributed by atoms with Crippen molar-refractivity contribution in [2.75, 3.05) is 0 Å². The third-order valence-corrected chi connectivity index (χ3v) is 3.29. The van der Waals surface area contributed by atoms with E-state index in [2.05, 4.69) is 6.07 Å². The SMILES string of the molecule is [O-][n+]1cccc2c1C1CCC2C1. The van der Waals surface area contributed by atoms with Crippen LogP contribution in [-0.2, 0) is 0 Å². The van der Waals surface area contributed by atoms with E-state index < -0.39 is 0 Å². The second kappa shape index (κ2) is 2.00. The Balaban J connectivity index is 2.26. The lowest BCUT2D eigenvalue weighted by molar-refractivity contribution is -0.615. The Hall–Kier alpha value is -1.05. The number of fused-ring (bicyclic) bond motifs is 5. The van der Waals surface area contributed by atoms with Crippen molar-refractivity contribution >= 4 is 0 Å². The van der Waals surface area contributed by atoms with E-state index in [0.717, 1.165) is 10.4 Å². The molecular formula is C10H11NO. The molecule has 0 saturated heterocycles. The van der Waals surface area contributed by atoms with Crippen molar-refractivity contribution in [2.45, 2.75) is 31.1 Å². The molecule has 0 aliphatic heterocycles. The van der Waals surface area contributed by atoms with Crippen molar-refractivity contribution < 1.29 is 4.73 Å². The minimum Gasteiger partial charge on any atom is -0.618 e. The zero-order valence-corrected chi connectivity index (χ0v) is 6.86. The van der Waals surface area contributed by atoms with Crippen LogP contribution in [0.4, 0.5) is 0 Å². The molecule has 2 bridgehead atoms. The molecule has 0 amide bonds. The van der Waals surface area contributed by atoms with Gasteiger partial charge >= 0.3 is 0 Å². The second-order valence-electron chi connectivity index (χ2n) is 3.88. The fraction of sp³-hybridized carbons (Fsp3) is 0.500. The first-order valence-electron chi connectivity index (χ1n) is 4.58. The summed E-state index contributed by atoms with van der Waals surface area (Å²) in [5, 5.41) is 11.4. The van der Waals surface area contributed by atoms with E-state index in [1.54, 1.807) is 6.20 Å². The second-order valence-corrected chi connectivity index (χ2v) is 3.88. The van der Waals surface area contributed by atoms with Gasteiger partial charge in [0.25, 0.3) is 0 Å². The molecule has 2 atom stereocenters. The van der Waals surface area contributed by atoms with Crippen molar-refractivity contribution in [3.8, 4) is 0 Å². The van der Waals surface area contributed by atoms with Crippen molar-refractivity contribution in [1.82, 2.24) is 0 Å². The molecular weight excluding hydrogens is 150 g/mol. The maximum absolute atomic E-state index is 11.4. The number of aromatic nitrogens is 1. The smallest absolute Gasteiger partial charge is 0.199 e. The van der Waals surface area contributed by atoms with E-state index in [1.165, 1.54) is 24.8 Å². The van der Waals surface area contributed by atoms with E-state index in [0.29, 0.717) is 11.8 Å². The lowest BCUT2D eigenvalue weighted by Crippen LogP contribution is -2.33. The summed E-state index contributed by atoms with van der Waals surface area (Å²) in [7, 11) is 0. The van der Waals surface area contributed by atoms with Crippen LogP contribution in [0.1, 0.15) is 42.4 Å². The van der Waals surface area contributed by atoms with Gasteiger partial charge in [0, 0.05) is 17.5 Å². The Labute approximate surface area is 71.4 Å². The maximum atomic E-state index is 11.4. The van der Waals surface area contributed by atoms with E-state index in [-0.39, 0.29) is 0 Å². The van der Waals surface area contributed by atoms with Crippen LogP contribution < -0.4 is 4.73 Å². The van der Waals surface area contributed by atoms with Crippen LogP contribution in [0.25, 0.3) is 0 Å². The summed E-state index contributed by atoms with van der Waals surface area (Å²) in [6.45, 7) is 0.